The first-order valence-corrected chi connectivity index (χ1v) is 8.15. The Kier molecular flexibility index (Phi) is 6.24. The first kappa shape index (κ1) is 17.9. The van der Waals surface area contributed by atoms with Gasteiger partial charge in [-0.15, -0.1) is 0 Å². The molecule has 4 heteroatoms. The lowest BCUT2D eigenvalue weighted by molar-refractivity contribution is -0.123. The van der Waals surface area contributed by atoms with Crippen LogP contribution in [-0.2, 0) is 4.79 Å². The molecule has 2 aromatic rings. The van der Waals surface area contributed by atoms with Crippen LogP contribution in [0.1, 0.15) is 43.9 Å². The molecule has 0 spiro atoms. The Morgan fingerprint density at radius 3 is 2.00 bits per heavy atom. The second-order valence-corrected chi connectivity index (χ2v) is 6.07. The molecule has 128 valence electrons. The molecule has 0 aliphatic rings. The fraction of sp³-hybridized carbons (Fsp3) is 0.350. The molecule has 0 fully saturated rings. The molecule has 1 amide bonds. The molecule has 1 N–H and O–H groups in total. The monoisotopic (exact) mass is 327 g/mol. The molecule has 1 atom stereocenters. The van der Waals surface area contributed by atoms with Crippen molar-refractivity contribution in [3.63, 3.8) is 0 Å². The van der Waals surface area contributed by atoms with E-state index in [1.165, 1.54) is 5.56 Å². The van der Waals surface area contributed by atoms with E-state index >= 15 is 0 Å². The molecule has 2 rings (SSSR count). The van der Waals surface area contributed by atoms with Crippen molar-refractivity contribution in [1.29, 1.82) is 0 Å². The highest BCUT2D eigenvalue weighted by atomic mass is 16.5. The molecule has 0 saturated heterocycles. The van der Waals surface area contributed by atoms with Crippen LogP contribution in [0, 0.1) is 0 Å². The standard InChI is InChI=1S/C20H25NO3/c1-14(2)16-5-11-19(12-6-16)24-13-20(22)21-15(3)17-7-9-18(23-4)10-8-17/h5-12,14-15H,13H2,1-4H3,(H,21,22). The number of carbonyl (C=O) groups excluding carboxylic acids is 1. The van der Waals surface area contributed by atoms with Crippen molar-refractivity contribution in [2.24, 2.45) is 0 Å². The van der Waals surface area contributed by atoms with Crippen LogP contribution in [0.5, 0.6) is 11.5 Å². The van der Waals surface area contributed by atoms with Crippen LogP contribution >= 0.6 is 0 Å². The van der Waals surface area contributed by atoms with Gasteiger partial charge in [0, 0.05) is 0 Å². The Morgan fingerprint density at radius 1 is 0.917 bits per heavy atom. The lowest BCUT2D eigenvalue weighted by Gasteiger charge is -2.15. The second kappa shape index (κ2) is 8.39. The van der Waals surface area contributed by atoms with Gasteiger partial charge in [0.2, 0.25) is 0 Å². The van der Waals surface area contributed by atoms with Gasteiger partial charge in [0.1, 0.15) is 11.5 Å². The van der Waals surface area contributed by atoms with Gasteiger partial charge < -0.3 is 14.8 Å². The van der Waals surface area contributed by atoms with Gasteiger partial charge in [0.25, 0.3) is 5.91 Å². The van der Waals surface area contributed by atoms with Gasteiger partial charge in [-0.25, -0.2) is 0 Å². The summed E-state index contributed by atoms with van der Waals surface area (Å²) in [7, 11) is 1.63. The summed E-state index contributed by atoms with van der Waals surface area (Å²) in [6.45, 7) is 6.23. The fourth-order valence-corrected chi connectivity index (χ4v) is 2.36. The normalized spacial score (nSPS) is 11.9. The number of nitrogens with one attached hydrogen (secondary N) is 1. The quantitative estimate of drug-likeness (QED) is 0.834. The van der Waals surface area contributed by atoms with Gasteiger partial charge >= 0.3 is 0 Å². The fourth-order valence-electron chi connectivity index (χ4n) is 2.36. The number of ether oxygens (including phenoxy) is 2. The zero-order valence-electron chi connectivity index (χ0n) is 14.7. The van der Waals surface area contributed by atoms with E-state index in [2.05, 4.69) is 19.2 Å². The van der Waals surface area contributed by atoms with Gasteiger partial charge in [-0.3, -0.25) is 4.79 Å². The zero-order valence-corrected chi connectivity index (χ0v) is 14.7. The minimum atomic E-state index is -0.147. The third-order valence-electron chi connectivity index (χ3n) is 3.91. The van der Waals surface area contributed by atoms with Crippen molar-refractivity contribution in [3.8, 4) is 11.5 Å². The molecular weight excluding hydrogens is 302 g/mol. The van der Waals surface area contributed by atoms with Crippen LogP contribution in [0.2, 0.25) is 0 Å². The Bertz CT molecular complexity index is 648. The van der Waals surface area contributed by atoms with Gasteiger partial charge in [-0.2, -0.15) is 0 Å². The highest BCUT2D eigenvalue weighted by Gasteiger charge is 2.10. The average molecular weight is 327 g/mol. The molecule has 0 heterocycles. The molecule has 0 radical (unpaired) electrons. The van der Waals surface area contributed by atoms with E-state index < -0.39 is 0 Å². The minimum Gasteiger partial charge on any atom is -0.497 e. The molecule has 0 aliphatic carbocycles. The average Bonchev–Trinajstić information content (AvgIpc) is 2.60. The maximum absolute atomic E-state index is 12.0. The van der Waals surface area contributed by atoms with Crippen LogP contribution in [0.3, 0.4) is 0 Å². The van der Waals surface area contributed by atoms with E-state index in [0.29, 0.717) is 11.7 Å². The number of hydrogen-bond donors (Lipinski definition) is 1. The van der Waals surface area contributed by atoms with Gasteiger partial charge in [-0.1, -0.05) is 38.1 Å². The van der Waals surface area contributed by atoms with Crippen molar-refractivity contribution in [3.05, 3.63) is 59.7 Å². The predicted molar refractivity (Wildman–Crippen MR) is 95.6 cm³/mol. The van der Waals surface area contributed by atoms with E-state index in [1.54, 1.807) is 7.11 Å². The van der Waals surface area contributed by atoms with E-state index in [0.717, 1.165) is 11.3 Å². The third kappa shape index (κ3) is 5.01. The summed E-state index contributed by atoms with van der Waals surface area (Å²) in [5.74, 6) is 1.83. The van der Waals surface area contributed by atoms with Crippen molar-refractivity contribution < 1.29 is 14.3 Å². The first-order valence-electron chi connectivity index (χ1n) is 8.15. The van der Waals surface area contributed by atoms with E-state index in [1.807, 2.05) is 55.5 Å². The Labute approximate surface area is 143 Å². The summed E-state index contributed by atoms with van der Waals surface area (Å²) < 4.78 is 10.7. The number of carbonyl (C=O) groups is 1. The third-order valence-corrected chi connectivity index (χ3v) is 3.91. The molecule has 24 heavy (non-hydrogen) atoms. The van der Waals surface area contributed by atoms with E-state index in [-0.39, 0.29) is 18.6 Å². The highest BCUT2D eigenvalue weighted by Crippen LogP contribution is 2.19. The first-order chi connectivity index (χ1) is 11.5. The summed E-state index contributed by atoms with van der Waals surface area (Å²) in [5.41, 5.74) is 2.27. The SMILES string of the molecule is COc1ccc(C(C)NC(=O)COc2ccc(C(C)C)cc2)cc1. The molecule has 0 aliphatic heterocycles. The Morgan fingerprint density at radius 2 is 1.46 bits per heavy atom. The molecular formula is C20H25NO3. The van der Waals surface area contributed by atoms with Gasteiger partial charge in [0.05, 0.1) is 13.2 Å². The minimum absolute atomic E-state index is 0.00151. The summed E-state index contributed by atoms with van der Waals surface area (Å²) >= 11 is 0. The Balaban J connectivity index is 1.83. The maximum atomic E-state index is 12.0. The topological polar surface area (TPSA) is 47.6 Å². The molecule has 0 saturated carbocycles. The molecule has 4 nitrogen and oxygen atoms in total. The van der Waals surface area contributed by atoms with Crippen molar-refractivity contribution >= 4 is 5.91 Å². The zero-order chi connectivity index (χ0) is 17.5. The number of amides is 1. The summed E-state index contributed by atoms with van der Waals surface area (Å²) in [6, 6.07) is 15.4. The predicted octanol–water partition coefficient (Wildman–Crippen LogP) is 4.07. The van der Waals surface area contributed by atoms with Crippen LogP contribution in [0.25, 0.3) is 0 Å². The summed E-state index contributed by atoms with van der Waals surface area (Å²) in [6.07, 6.45) is 0. The van der Waals surface area contributed by atoms with Crippen LogP contribution in [0.15, 0.2) is 48.5 Å². The summed E-state index contributed by atoms with van der Waals surface area (Å²) in [5, 5.41) is 2.93. The van der Waals surface area contributed by atoms with Crippen molar-refractivity contribution in [1.82, 2.24) is 5.32 Å². The van der Waals surface area contributed by atoms with Crippen molar-refractivity contribution in [2.75, 3.05) is 13.7 Å². The number of methoxy groups -OCH3 is 1. The largest absolute Gasteiger partial charge is 0.497 e. The number of rotatable bonds is 7. The van der Waals surface area contributed by atoms with E-state index in [4.69, 9.17) is 9.47 Å². The van der Waals surface area contributed by atoms with Crippen LogP contribution < -0.4 is 14.8 Å². The van der Waals surface area contributed by atoms with Gasteiger partial charge in [0.15, 0.2) is 6.61 Å². The second-order valence-electron chi connectivity index (χ2n) is 6.07. The molecule has 1 unspecified atom stereocenters. The molecule has 2 aromatic carbocycles. The lowest BCUT2D eigenvalue weighted by Crippen LogP contribution is -2.31. The lowest BCUT2D eigenvalue weighted by atomic mass is 10.0. The highest BCUT2D eigenvalue weighted by molar-refractivity contribution is 5.78. The maximum Gasteiger partial charge on any atom is 0.258 e. The number of benzene rings is 2. The van der Waals surface area contributed by atoms with Gasteiger partial charge in [-0.05, 0) is 48.2 Å². The summed E-state index contributed by atoms with van der Waals surface area (Å²) in [4.78, 5) is 12.0. The van der Waals surface area contributed by atoms with Crippen LogP contribution in [-0.4, -0.2) is 19.6 Å². The Hall–Kier alpha value is -2.49. The molecule has 0 bridgehead atoms. The van der Waals surface area contributed by atoms with E-state index in [9.17, 15) is 4.79 Å². The number of hydrogen-bond acceptors (Lipinski definition) is 3. The van der Waals surface area contributed by atoms with Crippen LogP contribution in [0.4, 0.5) is 0 Å². The molecule has 0 aromatic heterocycles. The smallest absolute Gasteiger partial charge is 0.258 e. The van der Waals surface area contributed by atoms with Crippen molar-refractivity contribution in [2.45, 2.75) is 32.7 Å².